The number of rotatable bonds is 5. The lowest BCUT2D eigenvalue weighted by Gasteiger charge is -2.13. The lowest BCUT2D eigenvalue weighted by atomic mass is 10.2. The van der Waals surface area contributed by atoms with Gasteiger partial charge >= 0.3 is 0 Å². The van der Waals surface area contributed by atoms with E-state index in [4.69, 9.17) is 16.0 Å². The van der Waals surface area contributed by atoms with Gasteiger partial charge in [0.25, 0.3) is 0 Å². The van der Waals surface area contributed by atoms with Gasteiger partial charge in [-0.05, 0) is 31.3 Å². The van der Waals surface area contributed by atoms with Crippen LogP contribution in [0.3, 0.4) is 0 Å². The Labute approximate surface area is 133 Å². The van der Waals surface area contributed by atoms with E-state index in [1.165, 1.54) is 0 Å². The summed E-state index contributed by atoms with van der Waals surface area (Å²) in [5.41, 5.74) is 0.926. The number of fused-ring (bicyclic) bond motifs is 1. The molecule has 3 rings (SSSR count). The molecule has 1 heterocycles. The second kappa shape index (κ2) is 6.56. The molecule has 0 spiro atoms. The van der Waals surface area contributed by atoms with E-state index < -0.39 is 0 Å². The second-order valence-electron chi connectivity index (χ2n) is 4.77. The SMILES string of the molecule is CNC(CSc1ccccc1Cl)c1cc2ccccc2o1. The van der Waals surface area contributed by atoms with Crippen molar-refractivity contribution < 1.29 is 4.42 Å². The van der Waals surface area contributed by atoms with Crippen molar-refractivity contribution in [2.24, 2.45) is 0 Å². The normalized spacial score (nSPS) is 12.7. The van der Waals surface area contributed by atoms with Crippen LogP contribution >= 0.6 is 23.4 Å². The molecule has 0 saturated carbocycles. The zero-order chi connectivity index (χ0) is 14.7. The fourth-order valence-corrected chi connectivity index (χ4v) is 3.57. The summed E-state index contributed by atoms with van der Waals surface area (Å²) in [6.45, 7) is 0. The summed E-state index contributed by atoms with van der Waals surface area (Å²) >= 11 is 7.93. The van der Waals surface area contributed by atoms with E-state index in [1.54, 1.807) is 11.8 Å². The second-order valence-corrected chi connectivity index (χ2v) is 6.24. The molecule has 21 heavy (non-hydrogen) atoms. The molecule has 1 N–H and O–H groups in total. The maximum Gasteiger partial charge on any atom is 0.134 e. The van der Waals surface area contributed by atoms with Crippen molar-refractivity contribution in [2.75, 3.05) is 12.8 Å². The first kappa shape index (κ1) is 14.5. The summed E-state index contributed by atoms with van der Waals surface area (Å²) in [6.07, 6.45) is 0. The minimum atomic E-state index is 0.152. The quantitative estimate of drug-likeness (QED) is 0.660. The molecule has 0 fully saturated rings. The molecule has 3 aromatic rings. The zero-order valence-electron chi connectivity index (χ0n) is 11.7. The van der Waals surface area contributed by atoms with Gasteiger partial charge in [0.05, 0.1) is 11.1 Å². The molecule has 0 bridgehead atoms. The molecule has 2 aromatic carbocycles. The van der Waals surface area contributed by atoms with E-state index in [-0.39, 0.29) is 6.04 Å². The summed E-state index contributed by atoms with van der Waals surface area (Å²) in [5, 5.41) is 5.24. The smallest absolute Gasteiger partial charge is 0.134 e. The van der Waals surface area contributed by atoms with Crippen LogP contribution in [0, 0.1) is 0 Å². The Morgan fingerprint density at radius 3 is 2.67 bits per heavy atom. The van der Waals surface area contributed by atoms with Crippen molar-refractivity contribution in [3.63, 3.8) is 0 Å². The number of benzene rings is 2. The molecule has 1 unspecified atom stereocenters. The zero-order valence-corrected chi connectivity index (χ0v) is 13.2. The number of hydrogen-bond donors (Lipinski definition) is 1. The molecule has 0 amide bonds. The van der Waals surface area contributed by atoms with Gasteiger partial charge in [-0.3, -0.25) is 0 Å². The average Bonchev–Trinajstić information content (AvgIpc) is 2.93. The standard InChI is InChI=1S/C17H16ClNOS/c1-19-14(11-21-17-9-5-3-7-13(17)18)16-10-12-6-2-4-8-15(12)20-16/h2-10,14,19H,11H2,1H3. The van der Waals surface area contributed by atoms with E-state index in [9.17, 15) is 0 Å². The van der Waals surface area contributed by atoms with Gasteiger partial charge in [-0.1, -0.05) is 41.9 Å². The van der Waals surface area contributed by atoms with Crippen molar-refractivity contribution in [3.05, 3.63) is 65.4 Å². The molecular weight excluding hydrogens is 302 g/mol. The maximum atomic E-state index is 6.20. The molecule has 0 radical (unpaired) electrons. The molecule has 1 atom stereocenters. The first-order valence-electron chi connectivity index (χ1n) is 6.81. The number of thioether (sulfide) groups is 1. The molecule has 0 saturated heterocycles. The summed E-state index contributed by atoms with van der Waals surface area (Å²) in [7, 11) is 1.95. The first-order valence-corrected chi connectivity index (χ1v) is 8.17. The summed E-state index contributed by atoms with van der Waals surface area (Å²) in [4.78, 5) is 1.09. The van der Waals surface area contributed by atoms with Crippen LogP contribution in [0.1, 0.15) is 11.8 Å². The van der Waals surface area contributed by atoms with Crippen molar-refractivity contribution in [1.82, 2.24) is 5.32 Å². The van der Waals surface area contributed by atoms with E-state index in [2.05, 4.69) is 17.4 Å². The monoisotopic (exact) mass is 317 g/mol. The third kappa shape index (κ3) is 3.26. The predicted molar refractivity (Wildman–Crippen MR) is 90.2 cm³/mol. The van der Waals surface area contributed by atoms with Crippen LogP contribution in [-0.2, 0) is 0 Å². The lowest BCUT2D eigenvalue weighted by Crippen LogP contribution is -2.18. The van der Waals surface area contributed by atoms with Crippen molar-refractivity contribution in [3.8, 4) is 0 Å². The highest BCUT2D eigenvalue weighted by Gasteiger charge is 2.15. The lowest BCUT2D eigenvalue weighted by molar-refractivity contribution is 0.479. The van der Waals surface area contributed by atoms with Crippen molar-refractivity contribution in [2.45, 2.75) is 10.9 Å². The fraction of sp³-hybridized carbons (Fsp3) is 0.176. The molecule has 1 aromatic heterocycles. The molecule has 2 nitrogen and oxygen atoms in total. The molecular formula is C17H16ClNOS. The number of hydrogen-bond acceptors (Lipinski definition) is 3. The Hall–Kier alpha value is -1.42. The van der Waals surface area contributed by atoms with Crippen LogP contribution in [0.4, 0.5) is 0 Å². The molecule has 108 valence electrons. The number of nitrogens with one attached hydrogen (secondary N) is 1. The van der Waals surface area contributed by atoms with E-state index in [0.717, 1.165) is 32.4 Å². The Kier molecular flexibility index (Phi) is 4.54. The Balaban J connectivity index is 1.77. The van der Waals surface area contributed by atoms with Gasteiger partial charge in [0.15, 0.2) is 0 Å². The minimum Gasteiger partial charge on any atom is -0.459 e. The van der Waals surface area contributed by atoms with Crippen LogP contribution in [0.15, 0.2) is 63.9 Å². The van der Waals surface area contributed by atoms with Gasteiger partial charge in [0.1, 0.15) is 11.3 Å². The van der Waals surface area contributed by atoms with Gasteiger partial charge in [-0.25, -0.2) is 0 Å². The third-order valence-corrected chi connectivity index (χ3v) is 4.99. The third-order valence-electron chi connectivity index (χ3n) is 3.38. The van der Waals surface area contributed by atoms with Crippen molar-refractivity contribution >= 4 is 34.3 Å². The van der Waals surface area contributed by atoms with Crippen LogP contribution in [-0.4, -0.2) is 12.8 Å². The van der Waals surface area contributed by atoms with Crippen molar-refractivity contribution in [1.29, 1.82) is 0 Å². The van der Waals surface area contributed by atoms with Crippen LogP contribution in [0.25, 0.3) is 11.0 Å². The summed E-state index contributed by atoms with van der Waals surface area (Å²) in [6, 6.07) is 18.2. The highest BCUT2D eigenvalue weighted by Crippen LogP contribution is 2.31. The average molecular weight is 318 g/mol. The number of para-hydroxylation sites is 1. The largest absolute Gasteiger partial charge is 0.459 e. The maximum absolute atomic E-state index is 6.20. The molecule has 0 aliphatic rings. The van der Waals surface area contributed by atoms with Gasteiger partial charge in [-0.2, -0.15) is 0 Å². The Morgan fingerprint density at radius 1 is 1.14 bits per heavy atom. The topological polar surface area (TPSA) is 25.2 Å². The first-order chi connectivity index (χ1) is 10.3. The summed E-state index contributed by atoms with van der Waals surface area (Å²) < 4.78 is 5.93. The van der Waals surface area contributed by atoms with E-state index in [1.807, 2.05) is 49.5 Å². The summed E-state index contributed by atoms with van der Waals surface area (Å²) in [5.74, 6) is 1.82. The van der Waals surface area contributed by atoms with Gasteiger partial charge in [0.2, 0.25) is 0 Å². The highest BCUT2D eigenvalue weighted by molar-refractivity contribution is 7.99. The van der Waals surface area contributed by atoms with Crippen LogP contribution in [0.5, 0.6) is 0 Å². The molecule has 0 aliphatic heterocycles. The Morgan fingerprint density at radius 2 is 1.90 bits per heavy atom. The van der Waals surface area contributed by atoms with E-state index in [0.29, 0.717) is 0 Å². The number of furan rings is 1. The van der Waals surface area contributed by atoms with Crippen LogP contribution in [0.2, 0.25) is 5.02 Å². The molecule has 0 aliphatic carbocycles. The van der Waals surface area contributed by atoms with Crippen LogP contribution < -0.4 is 5.32 Å². The van der Waals surface area contributed by atoms with Gasteiger partial charge in [-0.15, -0.1) is 11.8 Å². The van der Waals surface area contributed by atoms with Gasteiger partial charge in [0, 0.05) is 16.0 Å². The highest BCUT2D eigenvalue weighted by atomic mass is 35.5. The number of halogens is 1. The van der Waals surface area contributed by atoms with E-state index >= 15 is 0 Å². The molecule has 4 heteroatoms. The Bertz CT molecular complexity index is 707. The van der Waals surface area contributed by atoms with Gasteiger partial charge < -0.3 is 9.73 Å². The fourth-order valence-electron chi connectivity index (χ4n) is 2.22. The minimum absolute atomic E-state index is 0.152. The predicted octanol–water partition coefficient (Wildman–Crippen LogP) is 5.14.